The number of nitrogens with two attached hydrogens (primary N) is 1. The lowest BCUT2D eigenvalue weighted by molar-refractivity contribution is -0.117. The van der Waals surface area contributed by atoms with Crippen LogP contribution < -0.4 is 21.3 Å². The average molecular weight is 350 g/mol. The molecule has 0 bridgehead atoms. The van der Waals surface area contributed by atoms with E-state index in [-0.39, 0.29) is 43.4 Å². The van der Waals surface area contributed by atoms with Crippen LogP contribution >= 0.6 is 24.8 Å². The molecule has 0 spiro atoms. The number of anilines is 1. The summed E-state index contributed by atoms with van der Waals surface area (Å²) in [5.41, 5.74) is 4.96. The minimum atomic E-state index is -0.551. The molecule has 9 heteroatoms. The van der Waals surface area contributed by atoms with Crippen molar-refractivity contribution >= 4 is 42.6 Å². The van der Waals surface area contributed by atoms with E-state index < -0.39 is 5.91 Å². The van der Waals surface area contributed by atoms with Gasteiger partial charge in [-0.1, -0.05) is 6.07 Å². The topological polar surface area (TPSA) is 100 Å². The van der Waals surface area contributed by atoms with E-state index in [1.165, 1.54) is 0 Å². The third-order valence-electron chi connectivity index (χ3n) is 3.23. The molecule has 0 saturated carbocycles. The van der Waals surface area contributed by atoms with Gasteiger partial charge in [0.05, 0.1) is 6.54 Å². The molecule has 1 fully saturated rings. The number of piperidine rings is 1. The second kappa shape index (κ2) is 10.1. The maximum atomic E-state index is 11.5. The average Bonchev–Trinajstić information content (AvgIpc) is 2.47. The summed E-state index contributed by atoms with van der Waals surface area (Å²) in [7, 11) is 0. The third kappa shape index (κ3) is 6.36. The zero-order valence-corrected chi connectivity index (χ0v) is 13.7. The molecule has 1 aromatic heterocycles. The molecule has 22 heavy (non-hydrogen) atoms. The summed E-state index contributed by atoms with van der Waals surface area (Å²) < 4.78 is 0. The summed E-state index contributed by atoms with van der Waals surface area (Å²) in [5, 5.41) is 5.26. The summed E-state index contributed by atoms with van der Waals surface area (Å²) >= 11 is 0. The second-order valence-electron chi connectivity index (χ2n) is 4.74. The first-order valence-electron chi connectivity index (χ1n) is 6.64. The smallest absolute Gasteiger partial charge is 0.315 e. The number of hydrogen-bond acceptors (Lipinski definition) is 4. The molecule has 1 aliphatic heterocycles. The van der Waals surface area contributed by atoms with Gasteiger partial charge >= 0.3 is 6.03 Å². The van der Waals surface area contributed by atoms with Crippen molar-refractivity contribution in [2.24, 2.45) is 5.73 Å². The fraction of sp³-hybridized carbons (Fsp3) is 0.462. The van der Waals surface area contributed by atoms with Crippen molar-refractivity contribution in [2.45, 2.75) is 18.9 Å². The van der Waals surface area contributed by atoms with Crippen LogP contribution in [0.25, 0.3) is 0 Å². The highest BCUT2D eigenvalue weighted by atomic mass is 35.5. The zero-order chi connectivity index (χ0) is 14.4. The SMILES string of the molecule is Cl.Cl.NC(=O)CNC(=O)NC1CCN(c2ccccn2)CC1. The first-order chi connectivity index (χ1) is 9.65. The zero-order valence-electron chi connectivity index (χ0n) is 12.0. The third-order valence-corrected chi connectivity index (χ3v) is 3.23. The largest absolute Gasteiger partial charge is 0.368 e. The lowest BCUT2D eigenvalue weighted by Gasteiger charge is -2.33. The number of nitrogens with zero attached hydrogens (tertiary/aromatic N) is 2. The van der Waals surface area contributed by atoms with Gasteiger partial charge in [0.1, 0.15) is 5.82 Å². The van der Waals surface area contributed by atoms with Crippen molar-refractivity contribution in [3.63, 3.8) is 0 Å². The normalized spacial score (nSPS) is 14.3. The van der Waals surface area contributed by atoms with Gasteiger partial charge < -0.3 is 21.3 Å². The van der Waals surface area contributed by atoms with Gasteiger partial charge in [0.2, 0.25) is 5.91 Å². The molecule has 0 aliphatic carbocycles. The van der Waals surface area contributed by atoms with Crippen LogP contribution in [0.2, 0.25) is 0 Å². The Bertz CT molecular complexity index is 467. The summed E-state index contributed by atoms with van der Waals surface area (Å²) in [6.07, 6.45) is 3.47. The summed E-state index contributed by atoms with van der Waals surface area (Å²) in [6, 6.07) is 5.60. The molecule has 3 amide bonds. The molecule has 0 unspecified atom stereocenters. The molecule has 124 valence electrons. The van der Waals surface area contributed by atoms with Gasteiger partial charge in [-0.2, -0.15) is 0 Å². The molecule has 0 atom stereocenters. The standard InChI is InChI=1S/C13H19N5O2.2ClH/c14-11(19)9-16-13(20)17-10-4-7-18(8-5-10)12-3-1-2-6-15-12;;/h1-3,6,10H,4-5,7-9H2,(H2,14,19)(H2,16,17,20);2*1H. The fourth-order valence-corrected chi connectivity index (χ4v) is 2.20. The Balaban J connectivity index is 0.00000220. The quantitative estimate of drug-likeness (QED) is 0.743. The van der Waals surface area contributed by atoms with Crippen molar-refractivity contribution in [3.05, 3.63) is 24.4 Å². The van der Waals surface area contributed by atoms with E-state index in [2.05, 4.69) is 20.5 Å². The molecular weight excluding hydrogens is 329 g/mol. The van der Waals surface area contributed by atoms with Crippen molar-refractivity contribution in [1.29, 1.82) is 0 Å². The number of amides is 3. The van der Waals surface area contributed by atoms with Crippen LogP contribution in [0, 0.1) is 0 Å². The first-order valence-corrected chi connectivity index (χ1v) is 6.64. The molecule has 1 aromatic rings. The predicted octanol–water partition coefficient (Wildman–Crippen LogP) is 0.678. The number of carbonyl (C=O) groups is 2. The molecule has 2 rings (SSSR count). The van der Waals surface area contributed by atoms with Crippen molar-refractivity contribution in [1.82, 2.24) is 15.6 Å². The highest BCUT2D eigenvalue weighted by molar-refractivity contribution is 5.85. The van der Waals surface area contributed by atoms with E-state index >= 15 is 0 Å². The van der Waals surface area contributed by atoms with Crippen LogP contribution in [0.15, 0.2) is 24.4 Å². The Morgan fingerprint density at radius 1 is 1.27 bits per heavy atom. The number of rotatable bonds is 4. The van der Waals surface area contributed by atoms with Crippen molar-refractivity contribution in [3.8, 4) is 0 Å². The van der Waals surface area contributed by atoms with E-state index in [1.807, 2.05) is 18.2 Å². The Morgan fingerprint density at radius 2 is 1.95 bits per heavy atom. The molecule has 1 aliphatic rings. The number of aromatic nitrogens is 1. The van der Waals surface area contributed by atoms with Gasteiger partial charge in [0, 0.05) is 25.3 Å². The molecule has 0 radical (unpaired) electrons. The molecular formula is C13H21Cl2N5O2. The van der Waals surface area contributed by atoms with Gasteiger partial charge in [-0.05, 0) is 25.0 Å². The van der Waals surface area contributed by atoms with E-state index in [0.717, 1.165) is 31.7 Å². The fourth-order valence-electron chi connectivity index (χ4n) is 2.20. The lowest BCUT2D eigenvalue weighted by Crippen LogP contribution is -2.49. The van der Waals surface area contributed by atoms with E-state index in [1.54, 1.807) is 6.20 Å². The number of pyridine rings is 1. The summed E-state index contributed by atoms with van der Waals surface area (Å²) in [5.74, 6) is 0.411. The minimum absolute atomic E-state index is 0. The number of urea groups is 1. The van der Waals surface area contributed by atoms with Gasteiger partial charge in [0.25, 0.3) is 0 Å². The second-order valence-corrected chi connectivity index (χ2v) is 4.74. The molecule has 2 heterocycles. The Hall–Kier alpha value is -1.73. The van der Waals surface area contributed by atoms with Crippen LogP contribution in [0.4, 0.5) is 10.6 Å². The van der Waals surface area contributed by atoms with Gasteiger partial charge in [-0.25, -0.2) is 9.78 Å². The van der Waals surface area contributed by atoms with E-state index in [9.17, 15) is 9.59 Å². The maximum absolute atomic E-state index is 11.5. The predicted molar refractivity (Wildman–Crippen MR) is 89.7 cm³/mol. The molecule has 4 N–H and O–H groups in total. The summed E-state index contributed by atoms with van der Waals surface area (Å²) in [6.45, 7) is 1.55. The van der Waals surface area contributed by atoms with Crippen LogP contribution in [0.1, 0.15) is 12.8 Å². The van der Waals surface area contributed by atoms with Crippen molar-refractivity contribution in [2.75, 3.05) is 24.5 Å². The Morgan fingerprint density at radius 3 is 2.50 bits per heavy atom. The number of nitrogens with one attached hydrogen (secondary N) is 2. The van der Waals surface area contributed by atoms with Gasteiger partial charge in [0.15, 0.2) is 0 Å². The van der Waals surface area contributed by atoms with Crippen LogP contribution in [-0.2, 0) is 4.79 Å². The first kappa shape index (κ1) is 20.3. The highest BCUT2D eigenvalue weighted by Gasteiger charge is 2.21. The Labute approximate surface area is 141 Å². The van der Waals surface area contributed by atoms with Gasteiger partial charge in [-0.3, -0.25) is 4.79 Å². The van der Waals surface area contributed by atoms with Crippen LogP contribution in [-0.4, -0.2) is 42.6 Å². The number of halogens is 2. The monoisotopic (exact) mass is 349 g/mol. The van der Waals surface area contributed by atoms with E-state index in [0.29, 0.717) is 0 Å². The Kier molecular flexibility index (Phi) is 9.28. The van der Waals surface area contributed by atoms with E-state index in [4.69, 9.17) is 5.73 Å². The van der Waals surface area contributed by atoms with Gasteiger partial charge in [-0.15, -0.1) is 24.8 Å². The van der Waals surface area contributed by atoms with Crippen molar-refractivity contribution < 1.29 is 9.59 Å². The summed E-state index contributed by atoms with van der Waals surface area (Å²) in [4.78, 5) is 28.6. The molecule has 7 nitrogen and oxygen atoms in total. The number of primary amides is 1. The highest BCUT2D eigenvalue weighted by Crippen LogP contribution is 2.16. The van der Waals surface area contributed by atoms with Crippen LogP contribution in [0.5, 0.6) is 0 Å². The lowest BCUT2D eigenvalue weighted by atomic mass is 10.1. The number of hydrogen-bond donors (Lipinski definition) is 3. The van der Waals surface area contributed by atoms with Crippen LogP contribution in [0.3, 0.4) is 0 Å². The molecule has 0 aromatic carbocycles. The maximum Gasteiger partial charge on any atom is 0.315 e. The number of carbonyl (C=O) groups excluding carboxylic acids is 2. The molecule has 1 saturated heterocycles. The minimum Gasteiger partial charge on any atom is -0.368 e.